The maximum Gasteiger partial charge on any atom is 0.124 e. The van der Waals surface area contributed by atoms with Crippen LogP contribution in [0.5, 0.6) is 0 Å². The van der Waals surface area contributed by atoms with Crippen molar-refractivity contribution in [2.75, 3.05) is 6.54 Å². The van der Waals surface area contributed by atoms with Crippen LogP contribution in [0.2, 0.25) is 0 Å². The summed E-state index contributed by atoms with van der Waals surface area (Å²) >= 11 is 3.69. The summed E-state index contributed by atoms with van der Waals surface area (Å²) in [7, 11) is 0. The number of thiazole rings is 1. The predicted molar refractivity (Wildman–Crippen MR) is 89.0 cm³/mol. The van der Waals surface area contributed by atoms with E-state index in [1.165, 1.54) is 46.0 Å². The molecule has 4 heteroatoms. The van der Waals surface area contributed by atoms with Crippen LogP contribution in [0, 0.1) is 6.92 Å². The molecule has 0 amide bonds. The van der Waals surface area contributed by atoms with Crippen LogP contribution in [0.3, 0.4) is 0 Å². The second-order valence-corrected chi connectivity index (χ2v) is 7.78. The third-order valence-electron chi connectivity index (χ3n) is 3.93. The zero-order chi connectivity index (χ0) is 14.1. The van der Waals surface area contributed by atoms with Gasteiger partial charge in [-0.3, -0.25) is 0 Å². The van der Waals surface area contributed by atoms with E-state index in [2.05, 4.69) is 36.8 Å². The van der Waals surface area contributed by atoms with E-state index in [1.54, 1.807) is 11.3 Å². The topological polar surface area (TPSA) is 24.9 Å². The molecule has 108 valence electrons. The quantitative estimate of drug-likeness (QED) is 0.893. The number of aryl methyl sites for hydroxylation is 2. The van der Waals surface area contributed by atoms with Gasteiger partial charge in [-0.1, -0.05) is 13.8 Å². The summed E-state index contributed by atoms with van der Waals surface area (Å²) in [5.41, 5.74) is 4.07. The van der Waals surface area contributed by atoms with Crippen molar-refractivity contribution in [2.24, 2.45) is 0 Å². The summed E-state index contributed by atoms with van der Waals surface area (Å²) in [4.78, 5) is 6.52. The van der Waals surface area contributed by atoms with Crippen LogP contribution in [0.1, 0.15) is 48.7 Å². The van der Waals surface area contributed by atoms with E-state index in [4.69, 9.17) is 4.98 Å². The Morgan fingerprint density at radius 1 is 1.40 bits per heavy atom. The smallest absolute Gasteiger partial charge is 0.124 e. The molecule has 2 aromatic heterocycles. The zero-order valence-electron chi connectivity index (χ0n) is 12.4. The number of hydrogen-bond donors (Lipinski definition) is 1. The van der Waals surface area contributed by atoms with Gasteiger partial charge in [-0.05, 0) is 37.1 Å². The molecule has 2 aromatic rings. The van der Waals surface area contributed by atoms with Crippen molar-refractivity contribution < 1.29 is 0 Å². The fourth-order valence-electron chi connectivity index (χ4n) is 2.78. The van der Waals surface area contributed by atoms with Crippen LogP contribution in [-0.2, 0) is 6.42 Å². The molecule has 1 N–H and O–H groups in total. The molecular formula is C16H22N2S2. The lowest BCUT2D eigenvalue weighted by molar-refractivity contribution is 0.475. The lowest BCUT2D eigenvalue weighted by atomic mass is 9.91. The van der Waals surface area contributed by atoms with E-state index in [1.807, 2.05) is 11.3 Å². The molecular weight excluding hydrogens is 284 g/mol. The lowest BCUT2D eigenvalue weighted by Gasteiger charge is -2.22. The van der Waals surface area contributed by atoms with E-state index >= 15 is 0 Å². The van der Waals surface area contributed by atoms with Gasteiger partial charge in [0.15, 0.2) is 0 Å². The Labute approximate surface area is 129 Å². The Bertz CT molecular complexity index is 583. The van der Waals surface area contributed by atoms with Crippen LogP contribution in [-0.4, -0.2) is 17.6 Å². The molecule has 2 nitrogen and oxygen atoms in total. The van der Waals surface area contributed by atoms with Gasteiger partial charge >= 0.3 is 0 Å². The Morgan fingerprint density at radius 3 is 2.95 bits per heavy atom. The first kappa shape index (κ1) is 14.2. The molecule has 0 fully saturated rings. The van der Waals surface area contributed by atoms with Crippen molar-refractivity contribution in [2.45, 2.75) is 52.0 Å². The molecule has 0 aliphatic heterocycles. The lowest BCUT2D eigenvalue weighted by Crippen LogP contribution is -2.29. The van der Waals surface area contributed by atoms with Crippen molar-refractivity contribution in [3.05, 3.63) is 26.9 Å². The van der Waals surface area contributed by atoms with Crippen molar-refractivity contribution >= 4 is 22.7 Å². The standard InChI is InChI=1S/C16H22N2S2/c1-10(2)17-7-12-5-4-6-14-15(12)18-16(20-14)13-9-19-8-11(13)3/h8-10,12,17H,4-7H2,1-3H3. The minimum Gasteiger partial charge on any atom is -0.314 e. The zero-order valence-corrected chi connectivity index (χ0v) is 14.0. The SMILES string of the molecule is Cc1cscc1-c1nc2c(s1)CCCC2CNC(C)C. The van der Waals surface area contributed by atoms with Crippen LogP contribution in [0.25, 0.3) is 10.6 Å². The minimum atomic E-state index is 0.553. The highest BCUT2D eigenvalue weighted by atomic mass is 32.1. The van der Waals surface area contributed by atoms with Gasteiger partial charge in [0.2, 0.25) is 0 Å². The molecule has 0 saturated heterocycles. The van der Waals surface area contributed by atoms with E-state index in [-0.39, 0.29) is 0 Å². The number of rotatable bonds is 4. The van der Waals surface area contributed by atoms with Crippen LogP contribution in [0.4, 0.5) is 0 Å². The molecule has 1 unspecified atom stereocenters. The molecule has 0 saturated carbocycles. The summed E-state index contributed by atoms with van der Waals surface area (Å²) in [6.07, 6.45) is 3.80. The highest BCUT2D eigenvalue weighted by molar-refractivity contribution is 7.15. The van der Waals surface area contributed by atoms with Gasteiger partial charge in [-0.25, -0.2) is 4.98 Å². The van der Waals surface area contributed by atoms with Crippen LogP contribution >= 0.6 is 22.7 Å². The molecule has 3 rings (SSSR count). The summed E-state index contributed by atoms with van der Waals surface area (Å²) in [6.45, 7) is 7.68. The van der Waals surface area contributed by atoms with E-state index in [0.717, 1.165) is 6.54 Å². The Hall–Kier alpha value is -0.710. The van der Waals surface area contributed by atoms with E-state index in [9.17, 15) is 0 Å². The molecule has 2 heterocycles. The molecule has 20 heavy (non-hydrogen) atoms. The molecule has 1 aliphatic rings. The molecule has 0 aromatic carbocycles. The number of thiophene rings is 1. The fourth-order valence-corrected chi connectivity index (χ4v) is 4.96. The number of hydrogen-bond acceptors (Lipinski definition) is 4. The van der Waals surface area contributed by atoms with Crippen molar-refractivity contribution in [3.63, 3.8) is 0 Å². The van der Waals surface area contributed by atoms with Crippen molar-refractivity contribution in [3.8, 4) is 10.6 Å². The second kappa shape index (κ2) is 5.96. The van der Waals surface area contributed by atoms with E-state index in [0.29, 0.717) is 12.0 Å². The third kappa shape index (κ3) is 2.83. The van der Waals surface area contributed by atoms with Crippen LogP contribution in [0.15, 0.2) is 10.8 Å². The average molecular weight is 306 g/mol. The Morgan fingerprint density at radius 2 is 2.25 bits per heavy atom. The summed E-state index contributed by atoms with van der Waals surface area (Å²) in [6, 6.07) is 0.553. The maximum atomic E-state index is 5.00. The third-order valence-corrected chi connectivity index (χ3v) is 5.95. The summed E-state index contributed by atoms with van der Waals surface area (Å²) in [5.74, 6) is 0.602. The minimum absolute atomic E-state index is 0.553. The summed E-state index contributed by atoms with van der Waals surface area (Å²) < 4.78 is 0. The van der Waals surface area contributed by atoms with Gasteiger partial charge in [0.1, 0.15) is 5.01 Å². The van der Waals surface area contributed by atoms with Gasteiger partial charge in [-0.2, -0.15) is 11.3 Å². The number of nitrogens with zero attached hydrogens (tertiary/aromatic N) is 1. The summed E-state index contributed by atoms with van der Waals surface area (Å²) in [5, 5.41) is 9.26. The van der Waals surface area contributed by atoms with Gasteiger partial charge in [0.25, 0.3) is 0 Å². The molecule has 1 aliphatic carbocycles. The largest absolute Gasteiger partial charge is 0.314 e. The molecule has 0 radical (unpaired) electrons. The van der Waals surface area contributed by atoms with Crippen LogP contribution < -0.4 is 5.32 Å². The van der Waals surface area contributed by atoms with Gasteiger partial charge in [0, 0.05) is 34.3 Å². The molecule has 0 bridgehead atoms. The first-order valence-corrected chi connectivity index (χ1v) is 9.17. The normalized spacial score (nSPS) is 18.5. The number of fused-ring (bicyclic) bond motifs is 1. The first-order valence-electron chi connectivity index (χ1n) is 7.41. The maximum absolute atomic E-state index is 5.00. The highest BCUT2D eigenvalue weighted by Crippen LogP contribution is 2.39. The molecule has 1 atom stereocenters. The Kier molecular flexibility index (Phi) is 4.24. The molecule has 0 spiro atoms. The van der Waals surface area contributed by atoms with Gasteiger partial charge in [-0.15, -0.1) is 11.3 Å². The van der Waals surface area contributed by atoms with Crippen molar-refractivity contribution in [1.29, 1.82) is 0 Å². The number of aromatic nitrogens is 1. The van der Waals surface area contributed by atoms with Crippen molar-refractivity contribution in [1.82, 2.24) is 10.3 Å². The first-order chi connectivity index (χ1) is 9.65. The number of nitrogens with one attached hydrogen (secondary N) is 1. The second-order valence-electron chi connectivity index (χ2n) is 5.95. The fraction of sp³-hybridized carbons (Fsp3) is 0.562. The van der Waals surface area contributed by atoms with Gasteiger partial charge < -0.3 is 5.32 Å². The predicted octanol–water partition coefficient (Wildman–Crippen LogP) is 4.60. The monoisotopic (exact) mass is 306 g/mol. The average Bonchev–Trinajstić information content (AvgIpc) is 3.01. The highest BCUT2D eigenvalue weighted by Gasteiger charge is 2.25. The van der Waals surface area contributed by atoms with E-state index < -0.39 is 0 Å². The Balaban J connectivity index is 1.87. The van der Waals surface area contributed by atoms with Gasteiger partial charge in [0.05, 0.1) is 5.69 Å².